The van der Waals surface area contributed by atoms with Crippen LogP contribution in [0.15, 0.2) is 0 Å². The summed E-state index contributed by atoms with van der Waals surface area (Å²) in [4.78, 5) is 0. The van der Waals surface area contributed by atoms with E-state index in [2.05, 4.69) is 4.74 Å². The summed E-state index contributed by atoms with van der Waals surface area (Å²) in [6.45, 7) is 1.23. The van der Waals surface area contributed by atoms with Crippen molar-refractivity contribution in [3.05, 3.63) is 0 Å². The quantitative estimate of drug-likeness (QED) is 0.321. The summed E-state index contributed by atoms with van der Waals surface area (Å²) >= 11 is 0. The molecule has 1 unspecified atom stereocenters. The van der Waals surface area contributed by atoms with Crippen molar-refractivity contribution >= 4 is 0 Å². The maximum absolute atomic E-state index is 10.2. The van der Waals surface area contributed by atoms with Gasteiger partial charge in [0.25, 0.3) is 0 Å². The first kappa shape index (κ1) is 9.52. The van der Waals surface area contributed by atoms with Gasteiger partial charge in [0.15, 0.2) is 0 Å². The van der Waals surface area contributed by atoms with Crippen LogP contribution < -0.4 is 56.5 Å². The van der Waals surface area contributed by atoms with Crippen LogP contribution in [0.1, 0.15) is 0 Å². The second-order valence-electron chi connectivity index (χ2n) is 1.38. The van der Waals surface area contributed by atoms with Crippen molar-refractivity contribution in [1.29, 1.82) is 0 Å². The van der Waals surface area contributed by atoms with E-state index in [0.29, 0.717) is 13.2 Å². The van der Waals surface area contributed by atoms with Crippen molar-refractivity contribution in [2.75, 3.05) is 19.8 Å². The van der Waals surface area contributed by atoms with Crippen molar-refractivity contribution in [3.63, 3.8) is 0 Å². The first-order valence-electron chi connectivity index (χ1n) is 2.25. The molecule has 1 aliphatic rings. The van der Waals surface area contributed by atoms with E-state index in [1.54, 1.807) is 0 Å². The minimum atomic E-state index is -0.936. The molecule has 0 N–H and O–H groups in total. The number of hydrogen-bond acceptors (Lipinski definition) is 3. The van der Waals surface area contributed by atoms with Gasteiger partial charge in [-0.3, -0.25) is 0 Å². The fraction of sp³-hybridized carbons (Fsp3) is 1.00. The van der Waals surface area contributed by atoms with Crippen molar-refractivity contribution in [3.8, 4) is 0 Å². The molecule has 4 heteroatoms. The molecule has 1 atom stereocenters. The molecule has 1 aliphatic heterocycles. The van der Waals surface area contributed by atoms with Gasteiger partial charge in [-0.15, -0.1) is 0 Å². The van der Waals surface area contributed by atoms with Crippen LogP contribution in [-0.4, -0.2) is 26.1 Å². The van der Waals surface area contributed by atoms with E-state index in [4.69, 9.17) is 4.74 Å². The molecule has 1 fully saturated rings. The number of hydrogen-bond donors (Lipinski definition) is 0. The van der Waals surface area contributed by atoms with Gasteiger partial charge in [-0.05, 0) is 0 Å². The van der Waals surface area contributed by atoms with Crippen LogP contribution in [0, 0.1) is 0 Å². The molecule has 0 amide bonds. The van der Waals surface area contributed by atoms with E-state index >= 15 is 0 Å². The van der Waals surface area contributed by atoms with Gasteiger partial charge < -0.3 is 14.6 Å². The second-order valence-corrected chi connectivity index (χ2v) is 1.38. The third kappa shape index (κ3) is 3.52. The second kappa shape index (κ2) is 5.31. The maximum Gasteiger partial charge on any atom is 1.00 e. The summed E-state index contributed by atoms with van der Waals surface area (Å²) in [5, 5.41) is 10.2. The monoisotopic (exact) mass is 142 g/mol. The molecule has 0 aliphatic carbocycles. The van der Waals surface area contributed by atoms with Crippen LogP contribution in [0.25, 0.3) is 0 Å². The molecule has 0 saturated carbocycles. The zero-order chi connectivity index (χ0) is 5.11. The molecular weight excluding hydrogens is 135 g/mol. The van der Waals surface area contributed by atoms with Crippen LogP contribution in [-0.2, 0) is 9.47 Å². The molecule has 8 heavy (non-hydrogen) atoms. The number of rotatable bonds is 0. The normalized spacial score (nSPS) is 28.9. The standard InChI is InChI=1S/C4H7O3.K/c5-4-3-6-1-2-7-4;/h4H,1-3H2;/q-1;+1. The molecule has 0 aromatic carbocycles. The Labute approximate surface area is 90.8 Å². The van der Waals surface area contributed by atoms with E-state index in [1.807, 2.05) is 0 Å². The van der Waals surface area contributed by atoms with Crippen molar-refractivity contribution in [2.24, 2.45) is 0 Å². The van der Waals surface area contributed by atoms with Crippen molar-refractivity contribution < 1.29 is 66.0 Å². The van der Waals surface area contributed by atoms with Crippen LogP contribution >= 0.6 is 0 Å². The van der Waals surface area contributed by atoms with E-state index in [1.165, 1.54) is 0 Å². The third-order valence-electron chi connectivity index (χ3n) is 0.785. The van der Waals surface area contributed by atoms with Crippen molar-refractivity contribution in [2.45, 2.75) is 6.29 Å². The van der Waals surface area contributed by atoms with E-state index in [-0.39, 0.29) is 58.0 Å². The Balaban J connectivity index is 0.000000490. The molecule has 0 spiro atoms. The van der Waals surface area contributed by atoms with E-state index in [9.17, 15) is 5.11 Å². The van der Waals surface area contributed by atoms with Gasteiger partial charge in [0, 0.05) is 6.29 Å². The Kier molecular flexibility index (Phi) is 6.32. The first-order valence-corrected chi connectivity index (χ1v) is 2.25. The van der Waals surface area contributed by atoms with E-state index in [0.717, 1.165) is 0 Å². The van der Waals surface area contributed by atoms with Crippen LogP contribution in [0.3, 0.4) is 0 Å². The van der Waals surface area contributed by atoms with Crippen LogP contribution in [0.5, 0.6) is 0 Å². The molecule has 1 heterocycles. The van der Waals surface area contributed by atoms with Gasteiger partial charge in [-0.25, -0.2) is 0 Å². The van der Waals surface area contributed by atoms with Gasteiger partial charge in [-0.2, -0.15) is 0 Å². The molecular formula is C4H7KO3. The summed E-state index contributed by atoms with van der Waals surface area (Å²) in [6.07, 6.45) is -0.936. The predicted molar refractivity (Wildman–Crippen MR) is 20.6 cm³/mol. The molecule has 0 aromatic rings. The smallest absolute Gasteiger partial charge is 0.829 e. The zero-order valence-electron chi connectivity index (χ0n) is 4.92. The van der Waals surface area contributed by atoms with E-state index < -0.39 is 6.29 Å². The van der Waals surface area contributed by atoms with Gasteiger partial charge in [-0.1, -0.05) is 0 Å². The predicted octanol–water partition coefficient (Wildman–Crippen LogP) is -4.28. The molecule has 3 nitrogen and oxygen atoms in total. The Morgan fingerprint density at radius 3 is 2.38 bits per heavy atom. The summed E-state index contributed by atoms with van der Waals surface area (Å²) in [7, 11) is 0. The van der Waals surface area contributed by atoms with Crippen LogP contribution in [0.2, 0.25) is 0 Å². The molecule has 42 valence electrons. The third-order valence-corrected chi connectivity index (χ3v) is 0.785. The summed E-state index contributed by atoms with van der Waals surface area (Å²) < 4.78 is 9.34. The van der Waals surface area contributed by atoms with Gasteiger partial charge in [0.05, 0.1) is 19.8 Å². The van der Waals surface area contributed by atoms with Crippen LogP contribution in [0.4, 0.5) is 0 Å². The van der Waals surface area contributed by atoms with Crippen molar-refractivity contribution in [1.82, 2.24) is 0 Å². The van der Waals surface area contributed by atoms with Gasteiger partial charge in [0.2, 0.25) is 0 Å². The average Bonchev–Trinajstić information content (AvgIpc) is 1.69. The zero-order valence-corrected chi connectivity index (χ0v) is 8.05. The minimum Gasteiger partial charge on any atom is -0.829 e. The molecule has 1 saturated heterocycles. The summed E-state index contributed by atoms with van der Waals surface area (Å²) in [6, 6.07) is 0. The first-order chi connectivity index (χ1) is 3.39. The Morgan fingerprint density at radius 2 is 2.12 bits per heavy atom. The SMILES string of the molecule is [K+].[O-]C1COCCO1. The minimum absolute atomic E-state index is 0. The number of ether oxygens (including phenoxy) is 2. The Bertz CT molecular complexity index is 53.2. The summed E-state index contributed by atoms with van der Waals surface area (Å²) in [5.74, 6) is 0. The molecule has 0 aromatic heterocycles. The largest absolute Gasteiger partial charge is 1.00 e. The van der Waals surface area contributed by atoms with Gasteiger partial charge >= 0.3 is 51.4 Å². The maximum atomic E-state index is 10.2. The average molecular weight is 142 g/mol. The molecule has 0 bridgehead atoms. The topological polar surface area (TPSA) is 41.5 Å². The Hall–Kier alpha value is 1.52. The molecule has 0 radical (unpaired) electrons. The van der Waals surface area contributed by atoms with Gasteiger partial charge in [0.1, 0.15) is 0 Å². The fourth-order valence-corrected chi connectivity index (χ4v) is 0.466. The molecule has 1 rings (SSSR count). The fourth-order valence-electron chi connectivity index (χ4n) is 0.466. The summed E-state index contributed by atoms with van der Waals surface area (Å²) in [5.41, 5.74) is 0. The Morgan fingerprint density at radius 1 is 1.38 bits per heavy atom.